The van der Waals surface area contributed by atoms with Gasteiger partial charge in [0, 0.05) is 12.8 Å². The second kappa shape index (κ2) is 3.02. The first-order valence-electron chi connectivity index (χ1n) is 4.65. The highest BCUT2D eigenvalue weighted by Gasteiger charge is 2.24. The minimum atomic E-state index is -0.142. The molecular formula is C10H14O2. The van der Waals surface area contributed by atoms with Crippen molar-refractivity contribution >= 4 is 5.78 Å². The maximum atomic E-state index is 11.1. The van der Waals surface area contributed by atoms with Crippen LogP contribution in [0.4, 0.5) is 0 Å². The van der Waals surface area contributed by atoms with Crippen LogP contribution in [-0.2, 0) is 4.79 Å². The molecule has 2 aliphatic rings. The van der Waals surface area contributed by atoms with Gasteiger partial charge in [-0.1, -0.05) is 11.1 Å². The normalized spacial score (nSPS) is 30.4. The lowest BCUT2D eigenvalue weighted by Gasteiger charge is -2.27. The molecule has 0 bridgehead atoms. The summed E-state index contributed by atoms with van der Waals surface area (Å²) in [5.74, 6) is 0.380. The van der Waals surface area contributed by atoms with E-state index >= 15 is 0 Å². The molecule has 0 fully saturated rings. The van der Waals surface area contributed by atoms with Crippen molar-refractivity contribution in [2.45, 2.75) is 44.6 Å². The summed E-state index contributed by atoms with van der Waals surface area (Å²) in [4.78, 5) is 11.1. The van der Waals surface area contributed by atoms with E-state index < -0.39 is 0 Å². The fourth-order valence-corrected chi connectivity index (χ4v) is 2.16. The van der Waals surface area contributed by atoms with E-state index in [1.807, 2.05) is 0 Å². The number of aliphatic hydroxyl groups excluding tert-OH is 1. The predicted octanol–water partition coefficient (Wildman–Crippen LogP) is 1.58. The van der Waals surface area contributed by atoms with Crippen molar-refractivity contribution in [3.63, 3.8) is 0 Å². The molecule has 0 aromatic rings. The van der Waals surface area contributed by atoms with Crippen LogP contribution in [-0.4, -0.2) is 17.0 Å². The maximum Gasteiger partial charge on any atom is 0.137 e. The largest absolute Gasteiger partial charge is 0.393 e. The highest BCUT2D eigenvalue weighted by Crippen LogP contribution is 2.33. The van der Waals surface area contributed by atoms with Gasteiger partial charge in [-0.25, -0.2) is 0 Å². The van der Waals surface area contributed by atoms with Gasteiger partial charge in [0.05, 0.1) is 6.10 Å². The van der Waals surface area contributed by atoms with Crippen LogP contribution < -0.4 is 0 Å². The predicted molar refractivity (Wildman–Crippen MR) is 45.7 cm³/mol. The Hall–Kier alpha value is -0.630. The Balaban J connectivity index is 2.16. The van der Waals surface area contributed by atoms with Crippen molar-refractivity contribution in [2.24, 2.45) is 0 Å². The number of ketones is 1. The highest BCUT2D eigenvalue weighted by molar-refractivity contribution is 5.82. The zero-order chi connectivity index (χ0) is 8.55. The molecule has 0 spiro atoms. The van der Waals surface area contributed by atoms with E-state index in [1.54, 1.807) is 0 Å². The van der Waals surface area contributed by atoms with E-state index in [4.69, 9.17) is 0 Å². The summed E-state index contributed by atoms with van der Waals surface area (Å²) < 4.78 is 0. The van der Waals surface area contributed by atoms with Gasteiger partial charge in [0.15, 0.2) is 0 Å². The molecular weight excluding hydrogens is 152 g/mol. The lowest BCUT2D eigenvalue weighted by atomic mass is 9.81. The number of carbonyl (C=O) groups is 1. The highest BCUT2D eigenvalue weighted by atomic mass is 16.3. The Kier molecular flexibility index (Phi) is 2.01. The van der Waals surface area contributed by atoms with Crippen LogP contribution in [0.2, 0.25) is 0 Å². The quantitative estimate of drug-likeness (QED) is 0.555. The average molecular weight is 166 g/mol. The minimum absolute atomic E-state index is 0.142. The molecule has 66 valence electrons. The summed E-state index contributed by atoms with van der Waals surface area (Å²) in [6.07, 6.45) is 4.76. The van der Waals surface area contributed by atoms with Gasteiger partial charge in [0.25, 0.3) is 0 Å². The molecule has 0 aliphatic heterocycles. The van der Waals surface area contributed by atoms with Crippen LogP contribution in [0.15, 0.2) is 11.1 Å². The molecule has 1 atom stereocenters. The third-order valence-electron chi connectivity index (χ3n) is 2.88. The van der Waals surface area contributed by atoms with Crippen molar-refractivity contribution in [1.29, 1.82) is 0 Å². The smallest absolute Gasteiger partial charge is 0.137 e. The Bertz CT molecular complexity index is 240. The first-order valence-corrected chi connectivity index (χ1v) is 4.65. The summed E-state index contributed by atoms with van der Waals surface area (Å²) in [5.41, 5.74) is 2.70. The number of allylic oxidation sites excluding steroid dienone is 1. The van der Waals surface area contributed by atoms with E-state index in [1.165, 1.54) is 11.1 Å². The molecule has 0 heterocycles. The number of carbonyl (C=O) groups excluding carboxylic acids is 1. The van der Waals surface area contributed by atoms with Gasteiger partial charge in [0.1, 0.15) is 5.78 Å². The summed E-state index contributed by atoms with van der Waals surface area (Å²) in [6.45, 7) is 0. The standard InChI is InChI=1S/C10H14O2/c11-9-3-1-7-5-10(12)4-2-8(7)6-9/h9,11H,1-6H2/t9-/m0/s1. The number of aliphatic hydroxyl groups is 1. The second-order valence-corrected chi connectivity index (χ2v) is 3.82. The van der Waals surface area contributed by atoms with Crippen molar-refractivity contribution in [2.75, 3.05) is 0 Å². The van der Waals surface area contributed by atoms with Crippen molar-refractivity contribution < 1.29 is 9.90 Å². The van der Waals surface area contributed by atoms with Crippen LogP contribution >= 0.6 is 0 Å². The molecule has 0 aromatic carbocycles. The molecule has 12 heavy (non-hydrogen) atoms. The second-order valence-electron chi connectivity index (χ2n) is 3.82. The lowest BCUT2D eigenvalue weighted by molar-refractivity contribution is -0.118. The van der Waals surface area contributed by atoms with Gasteiger partial charge < -0.3 is 5.11 Å². The fraction of sp³-hybridized carbons (Fsp3) is 0.700. The lowest BCUT2D eigenvalue weighted by Crippen LogP contribution is -2.20. The number of hydrogen-bond acceptors (Lipinski definition) is 2. The van der Waals surface area contributed by atoms with E-state index in [2.05, 4.69) is 0 Å². The van der Waals surface area contributed by atoms with Crippen molar-refractivity contribution in [3.8, 4) is 0 Å². The molecule has 2 nitrogen and oxygen atoms in total. The Morgan fingerprint density at radius 3 is 2.83 bits per heavy atom. The Morgan fingerprint density at radius 2 is 2.00 bits per heavy atom. The van der Waals surface area contributed by atoms with E-state index in [0.717, 1.165) is 25.7 Å². The van der Waals surface area contributed by atoms with Crippen LogP contribution in [0.25, 0.3) is 0 Å². The van der Waals surface area contributed by atoms with Crippen molar-refractivity contribution in [1.82, 2.24) is 0 Å². The molecule has 1 N–H and O–H groups in total. The first-order chi connectivity index (χ1) is 5.75. The molecule has 2 rings (SSSR count). The van der Waals surface area contributed by atoms with E-state index in [9.17, 15) is 9.90 Å². The molecule has 0 saturated heterocycles. The van der Waals surface area contributed by atoms with Crippen molar-refractivity contribution in [3.05, 3.63) is 11.1 Å². The van der Waals surface area contributed by atoms with Gasteiger partial charge >= 0.3 is 0 Å². The summed E-state index contributed by atoms with van der Waals surface area (Å²) in [6, 6.07) is 0. The number of rotatable bonds is 0. The number of Topliss-reactive ketones (excluding diaryl/α,β-unsaturated/α-hetero) is 1. The van der Waals surface area contributed by atoms with Gasteiger partial charge in [-0.2, -0.15) is 0 Å². The zero-order valence-electron chi connectivity index (χ0n) is 7.18. The SMILES string of the molecule is O=C1CCC2=C(CC[C@H](O)C2)C1. The molecule has 2 heteroatoms. The third-order valence-corrected chi connectivity index (χ3v) is 2.88. The maximum absolute atomic E-state index is 11.1. The molecule has 0 unspecified atom stereocenters. The molecule has 2 aliphatic carbocycles. The molecule has 0 radical (unpaired) electrons. The Morgan fingerprint density at radius 1 is 1.17 bits per heavy atom. The summed E-state index contributed by atoms with van der Waals surface area (Å²) in [5, 5.41) is 9.39. The summed E-state index contributed by atoms with van der Waals surface area (Å²) >= 11 is 0. The average Bonchev–Trinajstić information content (AvgIpc) is 2.05. The van der Waals surface area contributed by atoms with Crippen LogP contribution in [0.3, 0.4) is 0 Å². The Labute approximate surface area is 72.3 Å². The van der Waals surface area contributed by atoms with Crippen LogP contribution in [0, 0.1) is 0 Å². The molecule has 0 aromatic heterocycles. The van der Waals surface area contributed by atoms with Crippen LogP contribution in [0.1, 0.15) is 38.5 Å². The van der Waals surface area contributed by atoms with Crippen LogP contribution in [0.5, 0.6) is 0 Å². The third kappa shape index (κ3) is 1.44. The molecule has 0 saturated carbocycles. The van der Waals surface area contributed by atoms with Gasteiger partial charge in [0.2, 0.25) is 0 Å². The minimum Gasteiger partial charge on any atom is -0.393 e. The van der Waals surface area contributed by atoms with E-state index in [0.29, 0.717) is 18.6 Å². The molecule has 0 amide bonds. The first kappa shape index (κ1) is 7.99. The van der Waals surface area contributed by atoms with Gasteiger partial charge in [-0.15, -0.1) is 0 Å². The van der Waals surface area contributed by atoms with E-state index in [-0.39, 0.29) is 6.10 Å². The number of hydrogen-bond donors (Lipinski definition) is 1. The summed E-state index contributed by atoms with van der Waals surface area (Å²) in [7, 11) is 0. The zero-order valence-corrected chi connectivity index (χ0v) is 7.18. The monoisotopic (exact) mass is 166 g/mol. The topological polar surface area (TPSA) is 37.3 Å². The van der Waals surface area contributed by atoms with Gasteiger partial charge in [-0.05, 0) is 25.7 Å². The van der Waals surface area contributed by atoms with Gasteiger partial charge in [-0.3, -0.25) is 4.79 Å². The fourth-order valence-electron chi connectivity index (χ4n) is 2.16.